The minimum atomic E-state index is -0.385. The van der Waals surface area contributed by atoms with Crippen molar-refractivity contribution >= 4 is 0 Å². The lowest BCUT2D eigenvalue weighted by Gasteiger charge is -2.13. The van der Waals surface area contributed by atoms with Crippen LogP contribution in [0.15, 0.2) is 0 Å². The highest BCUT2D eigenvalue weighted by Gasteiger charge is 2.29. The second-order valence-electron chi connectivity index (χ2n) is 3.07. The molecule has 2 unspecified atom stereocenters. The molecule has 0 bridgehead atoms. The highest BCUT2D eigenvalue weighted by atomic mass is 19.1. The summed E-state index contributed by atoms with van der Waals surface area (Å²) >= 11 is 0. The van der Waals surface area contributed by atoms with Crippen molar-refractivity contribution in [3.05, 3.63) is 0 Å². The van der Waals surface area contributed by atoms with Gasteiger partial charge in [-0.3, -0.25) is 0 Å². The third-order valence-corrected chi connectivity index (χ3v) is 2.38. The number of hydrogen-bond donors (Lipinski definition) is 0. The Labute approximate surface area is 66.6 Å². The Morgan fingerprint density at radius 1 is 1.73 bits per heavy atom. The first-order valence-electron chi connectivity index (χ1n) is 4.04. The van der Waals surface area contributed by atoms with E-state index in [1.54, 1.807) is 4.90 Å². The van der Waals surface area contributed by atoms with E-state index in [2.05, 4.69) is 6.92 Å². The molecule has 1 aliphatic rings. The van der Waals surface area contributed by atoms with Crippen molar-refractivity contribution in [3.8, 4) is 6.19 Å². The molecule has 62 valence electrons. The monoisotopic (exact) mass is 156 g/mol. The predicted octanol–water partition coefficient (Wildman–Crippen LogP) is 1.54. The highest BCUT2D eigenvalue weighted by molar-refractivity contribution is 4.91. The molecule has 0 aromatic rings. The van der Waals surface area contributed by atoms with E-state index < -0.39 is 0 Å². The number of hydrogen-bond acceptors (Lipinski definition) is 2. The van der Waals surface area contributed by atoms with Crippen LogP contribution in [0.1, 0.15) is 19.8 Å². The summed E-state index contributed by atoms with van der Waals surface area (Å²) in [6, 6.07) is -0.134. The molecular weight excluding hydrogens is 143 g/mol. The van der Waals surface area contributed by atoms with Crippen molar-refractivity contribution in [3.63, 3.8) is 0 Å². The zero-order valence-corrected chi connectivity index (χ0v) is 6.76. The van der Waals surface area contributed by atoms with Crippen LogP contribution < -0.4 is 0 Å². The molecule has 1 fully saturated rings. The summed E-state index contributed by atoms with van der Waals surface area (Å²) in [5, 5.41) is 8.59. The van der Waals surface area contributed by atoms with E-state index in [-0.39, 0.29) is 12.7 Å². The molecule has 11 heavy (non-hydrogen) atoms. The minimum absolute atomic E-state index is 0.134. The first kappa shape index (κ1) is 8.32. The molecule has 1 heterocycles. The molecule has 1 aliphatic heterocycles. The second-order valence-corrected chi connectivity index (χ2v) is 3.07. The minimum Gasteiger partial charge on any atom is -0.305 e. The molecule has 0 spiro atoms. The fourth-order valence-electron chi connectivity index (χ4n) is 1.58. The number of likely N-dealkylation sites (tertiary alicyclic amines) is 1. The zero-order chi connectivity index (χ0) is 8.27. The summed E-state index contributed by atoms with van der Waals surface area (Å²) in [6.07, 6.45) is 3.92. The van der Waals surface area contributed by atoms with Crippen LogP contribution in [0.3, 0.4) is 0 Å². The maximum atomic E-state index is 12.3. The lowest BCUT2D eigenvalue weighted by Crippen LogP contribution is -2.25. The van der Waals surface area contributed by atoms with Gasteiger partial charge in [-0.1, -0.05) is 13.3 Å². The van der Waals surface area contributed by atoms with E-state index in [9.17, 15) is 4.39 Å². The van der Waals surface area contributed by atoms with Gasteiger partial charge >= 0.3 is 0 Å². The van der Waals surface area contributed by atoms with Crippen LogP contribution in [0.25, 0.3) is 0 Å². The van der Waals surface area contributed by atoms with Crippen molar-refractivity contribution in [1.82, 2.24) is 4.90 Å². The average Bonchev–Trinajstić information content (AvgIpc) is 2.46. The molecular formula is C8H13FN2. The van der Waals surface area contributed by atoms with E-state index in [0.717, 1.165) is 19.4 Å². The number of halogens is 1. The Bertz CT molecular complexity index is 164. The van der Waals surface area contributed by atoms with Gasteiger partial charge in [-0.25, -0.2) is 4.39 Å². The molecule has 0 amide bonds. The first-order chi connectivity index (χ1) is 5.31. The summed E-state index contributed by atoms with van der Waals surface area (Å²) < 4.78 is 12.3. The summed E-state index contributed by atoms with van der Waals surface area (Å²) in [6.45, 7) is 2.45. The number of nitriles is 1. The zero-order valence-electron chi connectivity index (χ0n) is 6.76. The maximum Gasteiger partial charge on any atom is 0.179 e. The van der Waals surface area contributed by atoms with Gasteiger partial charge in [0.05, 0.1) is 6.04 Å². The van der Waals surface area contributed by atoms with Gasteiger partial charge in [0.1, 0.15) is 6.67 Å². The molecule has 2 nitrogen and oxygen atoms in total. The van der Waals surface area contributed by atoms with Crippen LogP contribution in [0.4, 0.5) is 4.39 Å². The molecule has 0 aliphatic carbocycles. The summed E-state index contributed by atoms with van der Waals surface area (Å²) in [5.41, 5.74) is 0. The van der Waals surface area contributed by atoms with Crippen LogP contribution >= 0.6 is 0 Å². The van der Waals surface area contributed by atoms with Crippen molar-refractivity contribution in [2.75, 3.05) is 13.2 Å². The van der Waals surface area contributed by atoms with Crippen LogP contribution in [0, 0.1) is 17.4 Å². The van der Waals surface area contributed by atoms with Crippen LogP contribution in [0.5, 0.6) is 0 Å². The molecule has 0 aromatic carbocycles. The maximum absolute atomic E-state index is 12.3. The average molecular weight is 156 g/mol. The SMILES string of the molecule is CCC1CC(CF)N(C#N)C1. The van der Waals surface area contributed by atoms with E-state index in [0.29, 0.717) is 5.92 Å². The molecule has 0 aromatic heterocycles. The van der Waals surface area contributed by atoms with Gasteiger partial charge in [-0.15, -0.1) is 0 Å². The van der Waals surface area contributed by atoms with Gasteiger partial charge in [0.25, 0.3) is 0 Å². The van der Waals surface area contributed by atoms with Gasteiger partial charge in [0.15, 0.2) is 6.19 Å². The second kappa shape index (κ2) is 3.56. The van der Waals surface area contributed by atoms with E-state index in [4.69, 9.17) is 5.26 Å². The number of alkyl halides is 1. The Kier molecular flexibility index (Phi) is 2.70. The lowest BCUT2D eigenvalue weighted by molar-refractivity contribution is 0.291. The topological polar surface area (TPSA) is 27.0 Å². The van der Waals surface area contributed by atoms with Gasteiger partial charge < -0.3 is 4.90 Å². The van der Waals surface area contributed by atoms with E-state index in [1.165, 1.54) is 0 Å². The quantitative estimate of drug-likeness (QED) is 0.567. The third kappa shape index (κ3) is 1.62. The lowest BCUT2D eigenvalue weighted by atomic mass is 10.0. The van der Waals surface area contributed by atoms with E-state index in [1.807, 2.05) is 6.19 Å². The Morgan fingerprint density at radius 3 is 2.82 bits per heavy atom. The van der Waals surface area contributed by atoms with Crippen LogP contribution in [-0.2, 0) is 0 Å². The van der Waals surface area contributed by atoms with Crippen LogP contribution in [-0.4, -0.2) is 24.2 Å². The van der Waals surface area contributed by atoms with Crippen molar-refractivity contribution in [2.45, 2.75) is 25.8 Å². The molecule has 2 atom stereocenters. The van der Waals surface area contributed by atoms with Gasteiger partial charge in [-0.2, -0.15) is 5.26 Å². The fourth-order valence-corrected chi connectivity index (χ4v) is 1.58. The van der Waals surface area contributed by atoms with Crippen molar-refractivity contribution in [2.24, 2.45) is 5.92 Å². The Balaban J connectivity index is 2.49. The predicted molar refractivity (Wildman–Crippen MR) is 40.5 cm³/mol. The fraction of sp³-hybridized carbons (Fsp3) is 0.875. The number of rotatable bonds is 2. The molecule has 1 rings (SSSR count). The highest BCUT2D eigenvalue weighted by Crippen LogP contribution is 2.24. The third-order valence-electron chi connectivity index (χ3n) is 2.38. The molecule has 0 radical (unpaired) electrons. The molecule has 0 N–H and O–H groups in total. The number of nitrogens with zero attached hydrogens (tertiary/aromatic N) is 2. The van der Waals surface area contributed by atoms with Gasteiger partial charge in [0, 0.05) is 6.54 Å². The van der Waals surface area contributed by atoms with Crippen LogP contribution in [0.2, 0.25) is 0 Å². The van der Waals surface area contributed by atoms with Crippen molar-refractivity contribution in [1.29, 1.82) is 5.26 Å². The molecule has 1 saturated heterocycles. The summed E-state index contributed by atoms with van der Waals surface area (Å²) in [7, 11) is 0. The smallest absolute Gasteiger partial charge is 0.179 e. The summed E-state index contributed by atoms with van der Waals surface area (Å²) in [4.78, 5) is 1.56. The largest absolute Gasteiger partial charge is 0.305 e. The van der Waals surface area contributed by atoms with Gasteiger partial charge in [-0.05, 0) is 12.3 Å². The molecule has 0 saturated carbocycles. The summed E-state index contributed by atoms with van der Waals surface area (Å²) in [5.74, 6) is 0.524. The Morgan fingerprint density at radius 2 is 2.45 bits per heavy atom. The first-order valence-corrected chi connectivity index (χ1v) is 4.04. The normalized spacial score (nSPS) is 30.5. The Hall–Kier alpha value is -0.780. The van der Waals surface area contributed by atoms with E-state index >= 15 is 0 Å². The standard InChI is InChI=1S/C8H13FN2/c1-2-7-3-8(4-9)11(5-7)6-10/h7-8H,2-5H2,1H3. The molecule has 3 heteroatoms. The van der Waals surface area contributed by atoms with Gasteiger partial charge in [0.2, 0.25) is 0 Å². The van der Waals surface area contributed by atoms with Crippen molar-refractivity contribution < 1.29 is 4.39 Å².